The standard InChI is InChI=1S/C26H31NO3/c1-4-6-8-13-23-26(18-5-2,21-11-9-7-10-12-21)24(28)25(29)27(23)19-20-14-16-22(30-3)17-15-20/h5,7,9-12,14-17,23H,2,4,6,8,13,18-19H2,1,3H3/t23-,26+/m0/s1. The van der Waals surface area contributed by atoms with Gasteiger partial charge < -0.3 is 9.64 Å². The third-order valence-corrected chi connectivity index (χ3v) is 6.15. The highest BCUT2D eigenvalue weighted by Crippen LogP contribution is 2.44. The Balaban J connectivity index is 2.03. The van der Waals surface area contributed by atoms with Gasteiger partial charge in [0.1, 0.15) is 5.75 Å². The molecule has 1 amide bonds. The summed E-state index contributed by atoms with van der Waals surface area (Å²) in [7, 11) is 1.63. The maximum absolute atomic E-state index is 13.5. The minimum Gasteiger partial charge on any atom is -0.497 e. The molecule has 2 atom stereocenters. The first-order valence-corrected chi connectivity index (χ1v) is 10.7. The van der Waals surface area contributed by atoms with Crippen molar-refractivity contribution in [2.45, 2.75) is 57.0 Å². The number of unbranched alkanes of at least 4 members (excludes halogenated alkanes) is 2. The number of carbonyl (C=O) groups excluding carboxylic acids is 2. The average molecular weight is 406 g/mol. The molecule has 0 saturated carbocycles. The number of nitrogens with zero attached hydrogens (tertiary/aromatic N) is 1. The molecule has 1 heterocycles. The van der Waals surface area contributed by atoms with E-state index in [2.05, 4.69) is 13.5 Å². The molecule has 2 aromatic rings. The van der Waals surface area contributed by atoms with Gasteiger partial charge in [-0.2, -0.15) is 0 Å². The number of methoxy groups -OCH3 is 1. The third-order valence-electron chi connectivity index (χ3n) is 6.15. The largest absolute Gasteiger partial charge is 0.497 e. The van der Waals surface area contributed by atoms with E-state index in [4.69, 9.17) is 4.74 Å². The summed E-state index contributed by atoms with van der Waals surface area (Å²) in [5.74, 6) is 0.0639. The average Bonchev–Trinajstić information content (AvgIpc) is 2.98. The van der Waals surface area contributed by atoms with Gasteiger partial charge >= 0.3 is 0 Å². The maximum Gasteiger partial charge on any atom is 0.291 e. The van der Waals surface area contributed by atoms with Gasteiger partial charge in [0.25, 0.3) is 5.91 Å². The van der Waals surface area contributed by atoms with Gasteiger partial charge in [-0.25, -0.2) is 0 Å². The summed E-state index contributed by atoms with van der Waals surface area (Å²) in [6.07, 6.45) is 6.18. The molecular weight excluding hydrogens is 374 g/mol. The van der Waals surface area contributed by atoms with Crippen LogP contribution >= 0.6 is 0 Å². The Hall–Kier alpha value is -2.88. The van der Waals surface area contributed by atoms with Crippen LogP contribution in [0.1, 0.15) is 50.2 Å². The van der Waals surface area contributed by atoms with E-state index in [9.17, 15) is 9.59 Å². The second-order valence-electron chi connectivity index (χ2n) is 7.95. The minimum atomic E-state index is -0.875. The van der Waals surface area contributed by atoms with Gasteiger partial charge in [-0.05, 0) is 36.1 Å². The van der Waals surface area contributed by atoms with Crippen LogP contribution < -0.4 is 4.74 Å². The van der Waals surface area contributed by atoms with E-state index in [-0.39, 0.29) is 11.8 Å². The molecule has 4 heteroatoms. The minimum absolute atomic E-state index is 0.188. The van der Waals surface area contributed by atoms with Gasteiger partial charge in [-0.15, -0.1) is 6.58 Å². The van der Waals surface area contributed by atoms with Crippen LogP contribution in [0.15, 0.2) is 67.3 Å². The van der Waals surface area contributed by atoms with Crippen LogP contribution in [0.2, 0.25) is 0 Å². The second-order valence-corrected chi connectivity index (χ2v) is 7.95. The number of amides is 1. The van der Waals surface area contributed by atoms with Crippen molar-refractivity contribution in [3.05, 3.63) is 78.4 Å². The van der Waals surface area contributed by atoms with Crippen molar-refractivity contribution in [3.8, 4) is 5.75 Å². The highest BCUT2D eigenvalue weighted by atomic mass is 16.5. The molecule has 0 aromatic heterocycles. The third kappa shape index (κ3) is 4.04. The van der Waals surface area contributed by atoms with Gasteiger partial charge in [0, 0.05) is 12.6 Å². The number of benzene rings is 2. The molecule has 0 aliphatic carbocycles. The number of hydrogen-bond donors (Lipinski definition) is 0. The highest BCUT2D eigenvalue weighted by molar-refractivity contribution is 6.42. The van der Waals surface area contributed by atoms with Crippen molar-refractivity contribution >= 4 is 11.7 Å². The molecule has 3 rings (SSSR count). The fourth-order valence-corrected chi connectivity index (χ4v) is 4.61. The summed E-state index contributed by atoms with van der Waals surface area (Å²) in [4.78, 5) is 28.5. The lowest BCUT2D eigenvalue weighted by Crippen LogP contribution is -2.44. The smallest absolute Gasteiger partial charge is 0.291 e. The van der Waals surface area contributed by atoms with E-state index in [0.717, 1.165) is 42.6 Å². The normalized spacial score (nSPS) is 21.1. The summed E-state index contributed by atoms with van der Waals surface area (Å²) in [6.45, 7) is 6.49. The van der Waals surface area contributed by atoms with Crippen LogP contribution in [0.5, 0.6) is 5.75 Å². The Labute approximate surface area is 179 Å². The Bertz CT molecular complexity index is 875. The zero-order valence-corrected chi connectivity index (χ0v) is 18.0. The predicted molar refractivity (Wildman–Crippen MR) is 119 cm³/mol. The molecular formula is C26H31NO3. The summed E-state index contributed by atoms with van der Waals surface area (Å²) in [5.41, 5.74) is 1.02. The van der Waals surface area contributed by atoms with E-state index in [1.165, 1.54) is 0 Å². The number of ether oxygens (including phenoxy) is 1. The number of rotatable bonds is 10. The summed E-state index contributed by atoms with van der Waals surface area (Å²) in [5, 5.41) is 0. The molecule has 1 aliphatic rings. The van der Waals surface area contributed by atoms with Gasteiger partial charge in [-0.1, -0.05) is 74.7 Å². The van der Waals surface area contributed by atoms with Gasteiger partial charge in [0.15, 0.2) is 0 Å². The van der Waals surface area contributed by atoms with Crippen LogP contribution in [0, 0.1) is 0 Å². The quantitative estimate of drug-likeness (QED) is 0.315. The number of ketones is 1. The molecule has 2 aromatic carbocycles. The molecule has 158 valence electrons. The van der Waals surface area contributed by atoms with E-state index < -0.39 is 11.3 Å². The molecule has 0 bridgehead atoms. The first-order valence-electron chi connectivity index (χ1n) is 10.7. The second kappa shape index (κ2) is 9.75. The van der Waals surface area contributed by atoms with Crippen molar-refractivity contribution < 1.29 is 14.3 Å². The summed E-state index contributed by atoms with van der Waals surface area (Å²) >= 11 is 0. The Kier molecular flexibility index (Phi) is 7.09. The van der Waals surface area contributed by atoms with E-state index in [1.54, 1.807) is 18.1 Å². The SMILES string of the molecule is C=CC[C@]1(c2ccccc2)C(=O)C(=O)N(Cc2ccc(OC)cc2)[C@H]1CCCCC. The lowest BCUT2D eigenvalue weighted by Gasteiger charge is -2.36. The lowest BCUT2D eigenvalue weighted by atomic mass is 9.69. The molecule has 30 heavy (non-hydrogen) atoms. The van der Waals surface area contributed by atoms with Crippen molar-refractivity contribution in [1.82, 2.24) is 4.90 Å². The number of carbonyl (C=O) groups is 2. The topological polar surface area (TPSA) is 46.6 Å². The highest BCUT2D eigenvalue weighted by Gasteiger charge is 2.58. The molecule has 1 saturated heterocycles. The Morgan fingerprint density at radius 3 is 2.37 bits per heavy atom. The van der Waals surface area contributed by atoms with E-state index in [0.29, 0.717) is 13.0 Å². The molecule has 1 aliphatic heterocycles. The molecule has 0 radical (unpaired) electrons. The lowest BCUT2D eigenvalue weighted by molar-refractivity contribution is -0.141. The Morgan fingerprint density at radius 1 is 1.07 bits per heavy atom. The van der Waals surface area contributed by atoms with Crippen LogP contribution in [-0.2, 0) is 21.5 Å². The van der Waals surface area contributed by atoms with Gasteiger partial charge in [-0.3, -0.25) is 9.59 Å². The summed E-state index contributed by atoms with van der Waals surface area (Å²) in [6, 6.07) is 17.2. The zero-order valence-electron chi connectivity index (χ0n) is 18.0. The zero-order chi connectivity index (χ0) is 21.6. The molecule has 0 unspecified atom stereocenters. The summed E-state index contributed by atoms with van der Waals surface area (Å²) < 4.78 is 5.24. The van der Waals surface area contributed by atoms with Gasteiger partial charge in [0.05, 0.1) is 12.5 Å². The Morgan fingerprint density at radius 2 is 1.77 bits per heavy atom. The predicted octanol–water partition coefficient (Wildman–Crippen LogP) is 5.07. The fraction of sp³-hybridized carbons (Fsp3) is 0.385. The maximum atomic E-state index is 13.5. The monoisotopic (exact) mass is 405 g/mol. The van der Waals surface area contributed by atoms with Crippen molar-refractivity contribution in [3.63, 3.8) is 0 Å². The number of likely N-dealkylation sites (tertiary alicyclic amines) is 1. The van der Waals surface area contributed by atoms with Crippen molar-refractivity contribution in [2.24, 2.45) is 0 Å². The van der Waals surface area contributed by atoms with Crippen molar-refractivity contribution in [1.29, 1.82) is 0 Å². The van der Waals surface area contributed by atoms with Crippen LogP contribution in [-0.4, -0.2) is 29.7 Å². The van der Waals surface area contributed by atoms with Crippen LogP contribution in [0.4, 0.5) is 0 Å². The van der Waals surface area contributed by atoms with E-state index in [1.807, 2.05) is 54.6 Å². The molecule has 4 nitrogen and oxygen atoms in total. The van der Waals surface area contributed by atoms with Crippen LogP contribution in [0.3, 0.4) is 0 Å². The number of Topliss-reactive ketones (excluding diaryl/α,β-unsaturated/α-hetero) is 1. The molecule has 0 N–H and O–H groups in total. The van der Waals surface area contributed by atoms with Crippen molar-refractivity contribution in [2.75, 3.05) is 7.11 Å². The fourth-order valence-electron chi connectivity index (χ4n) is 4.61. The van der Waals surface area contributed by atoms with Crippen LogP contribution in [0.25, 0.3) is 0 Å². The molecule has 1 fully saturated rings. The first kappa shape index (κ1) is 21.8. The number of hydrogen-bond acceptors (Lipinski definition) is 3. The van der Waals surface area contributed by atoms with Gasteiger partial charge in [0.2, 0.25) is 5.78 Å². The number of allylic oxidation sites excluding steroid dienone is 1. The first-order chi connectivity index (χ1) is 14.6. The van der Waals surface area contributed by atoms with E-state index >= 15 is 0 Å². The molecule has 0 spiro atoms.